The number of alkyl halides is 1. The summed E-state index contributed by atoms with van der Waals surface area (Å²) in [6.07, 6.45) is 0. The van der Waals surface area contributed by atoms with Crippen molar-refractivity contribution in [2.24, 2.45) is 0 Å². The molecule has 2 aromatic rings. The molecule has 2 rings (SSSR count). The van der Waals surface area contributed by atoms with Gasteiger partial charge < -0.3 is 5.32 Å². The molecule has 18 heavy (non-hydrogen) atoms. The highest BCUT2D eigenvalue weighted by Gasteiger charge is 2.13. The van der Waals surface area contributed by atoms with Gasteiger partial charge >= 0.3 is 0 Å². The Morgan fingerprint density at radius 2 is 2.00 bits per heavy atom. The van der Waals surface area contributed by atoms with E-state index in [0.29, 0.717) is 9.21 Å². The summed E-state index contributed by atoms with van der Waals surface area (Å²) < 4.78 is 0.596. The lowest BCUT2D eigenvalue weighted by atomic mass is 10.1. The van der Waals surface area contributed by atoms with E-state index in [2.05, 4.69) is 5.32 Å². The molecule has 1 N–H and O–H groups in total. The largest absolute Gasteiger partial charge is 0.321 e. The molecular formula is C13H11Cl2NOS. The summed E-state index contributed by atoms with van der Waals surface area (Å²) in [5.74, 6) is -0.170. The maximum absolute atomic E-state index is 12.0. The summed E-state index contributed by atoms with van der Waals surface area (Å²) in [6, 6.07) is 10.9. The molecule has 5 heteroatoms. The zero-order valence-corrected chi connectivity index (χ0v) is 11.9. The zero-order chi connectivity index (χ0) is 13.1. The minimum atomic E-state index is -0.170. The third-order valence-corrected chi connectivity index (χ3v) is 3.90. The fourth-order valence-corrected chi connectivity index (χ4v) is 2.71. The first-order valence-corrected chi connectivity index (χ1v) is 7.00. The smallest absolute Gasteiger partial charge is 0.265 e. The summed E-state index contributed by atoms with van der Waals surface area (Å²) in [4.78, 5) is 12.6. The van der Waals surface area contributed by atoms with E-state index in [1.165, 1.54) is 11.3 Å². The highest BCUT2D eigenvalue weighted by Crippen LogP contribution is 2.28. The van der Waals surface area contributed by atoms with Gasteiger partial charge in [0.2, 0.25) is 0 Å². The van der Waals surface area contributed by atoms with Gasteiger partial charge in [0.15, 0.2) is 0 Å². The molecule has 1 heterocycles. The second-order valence-electron chi connectivity index (χ2n) is 3.76. The molecule has 0 aliphatic heterocycles. The van der Waals surface area contributed by atoms with Gasteiger partial charge in [-0.05, 0) is 30.7 Å². The minimum Gasteiger partial charge on any atom is -0.321 e. The Kier molecular flexibility index (Phi) is 4.27. The number of nitrogens with one attached hydrogen (secondary N) is 1. The molecule has 1 unspecified atom stereocenters. The monoisotopic (exact) mass is 299 g/mol. The third kappa shape index (κ3) is 3.05. The van der Waals surface area contributed by atoms with E-state index >= 15 is 0 Å². The van der Waals surface area contributed by atoms with E-state index in [1.807, 2.05) is 31.2 Å². The maximum Gasteiger partial charge on any atom is 0.265 e. The van der Waals surface area contributed by atoms with Gasteiger partial charge in [-0.3, -0.25) is 4.79 Å². The van der Waals surface area contributed by atoms with Crippen molar-refractivity contribution in [3.63, 3.8) is 0 Å². The van der Waals surface area contributed by atoms with Crippen molar-refractivity contribution in [3.05, 3.63) is 51.2 Å². The Bertz CT molecular complexity index is 566. The quantitative estimate of drug-likeness (QED) is 0.798. The number of amides is 1. The molecule has 1 atom stereocenters. The predicted molar refractivity (Wildman–Crippen MR) is 78.0 cm³/mol. The SMILES string of the molecule is CC(Cl)c1ccccc1NC(=O)c1ccc(Cl)s1. The Labute approximate surface area is 120 Å². The summed E-state index contributed by atoms with van der Waals surface area (Å²) in [5.41, 5.74) is 1.63. The van der Waals surface area contributed by atoms with Crippen molar-refractivity contribution in [3.8, 4) is 0 Å². The number of para-hydroxylation sites is 1. The highest BCUT2D eigenvalue weighted by molar-refractivity contribution is 7.18. The molecule has 1 aromatic heterocycles. The second kappa shape index (κ2) is 5.74. The lowest BCUT2D eigenvalue weighted by Crippen LogP contribution is -2.11. The number of rotatable bonds is 3. The molecule has 0 aliphatic rings. The predicted octanol–water partition coefficient (Wildman–Crippen LogP) is 4.95. The van der Waals surface area contributed by atoms with Crippen LogP contribution in [0, 0.1) is 0 Å². The van der Waals surface area contributed by atoms with Crippen molar-refractivity contribution in [2.45, 2.75) is 12.3 Å². The molecule has 0 saturated heterocycles. The molecule has 0 fully saturated rings. The molecule has 1 amide bonds. The van der Waals surface area contributed by atoms with Crippen molar-refractivity contribution in [2.75, 3.05) is 5.32 Å². The van der Waals surface area contributed by atoms with Gasteiger partial charge in [0.05, 0.1) is 14.6 Å². The lowest BCUT2D eigenvalue weighted by Gasteiger charge is -2.11. The van der Waals surface area contributed by atoms with E-state index in [0.717, 1.165) is 11.3 Å². The van der Waals surface area contributed by atoms with E-state index < -0.39 is 0 Å². The Hall–Kier alpha value is -1.03. The molecule has 0 aliphatic carbocycles. The number of anilines is 1. The van der Waals surface area contributed by atoms with Gasteiger partial charge in [0.1, 0.15) is 0 Å². The van der Waals surface area contributed by atoms with Crippen LogP contribution in [-0.2, 0) is 0 Å². The minimum absolute atomic E-state index is 0.159. The van der Waals surface area contributed by atoms with Crippen LogP contribution in [0.4, 0.5) is 5.69 Å². The number of carbonyl (C=O) groups excluding carboxylic acids is 1. The third-order valence-electron chi connectivity index (χ3n) is 2.43. The second-order valence-corrected chi connectivity index (χ2v) is 6.13. The molecule has 0 radical (unpaired) electrons. The van der Waals surface area contributed by atoms with Crippen LogP contribution in [0.2, 0.25) is 4.34 Å². The molecule has 0 bridgehead atoms. The van der Waals surface area contributed by atoms with Gasteiger partial charge in [-0.2, -0.15) is 0 Å². The summed E-state index contributed by atoms with van der Waals surface area (Å²) in [5, 5.41) is 2.69. The molecule has 0 saturated carbocycles. The number of hydrogen-bond acceptors (Lipinski definition) is 2. The van der Waals surface area contributed by atoms with Crippen LogP contribution in [0.5, 0.6) is 0 Å². The van der Waals surface area contributed by atoms with Crippen molar-refractivity contribution in [1.29, 1.82) is 0 Å². The van der Waals surface area contributed by atoms with Crippen LogP contribution in [-0.4, -0.2) is 5.91 Å². The zero-order valence-electron chi connectivity index (χ0n) is 9.61. The number of benzene rings is 1. The average Bonchev–Trinajstić information content (AvgIpc) is 2.76. The van der Waals surface area contributed by atoms with Gasteiger partial charge in [-0.15, -0.1) is 22.9 Å². The first-order chi connectivity index (χ1) is 8.58. The topological polar surface area (TPSA) is 29.1 Å². The number of hydrogen-bond donors (Lipinski definition) is 1. The van der Waals surface area contributed by atoms with Crippen LogP contribution in [0.15, 0.2) is 36.4 Å². The lowest BCUT2D eigenvalue weighted by molar-refractivity contribution is 0.103. The molecule has 0 spiro atoms. The summed E-state index contributed by atoms with van der Waals surface area (Å²) in [7, 11) is 0. The average molecular weight is 300 g/mol. The Morgan fingerprint density at radius 1 is 1.28 bits per heavy atom. The molecule has 2 nitrogen and oxygen atoms in total. The molecular weight excluding hydrogens is 289 g/mol. The fraction of sp³-hybridized carbons (Fsp3) is 0.154. The number of halogens is 2. The van der Waals surface area contributed by atoms with Crippen LogP contribution in [0.1, 0.15) is 27.5 Å². The Balaban J connectivity index is 2.22. The van der Waals surface area contributed by atoms with Gasteiger partial charge in [-0.25, -0.2) is 0 Å². The fourth-order valence-electron chi connectivity index (χ4n) is 1.58. The van der Waals surface area contributed by atoms with Crippen LogP contribution >= 0.6 is 34.5 Å². The van der Waals surface area contributed by atoms with Gasteiger partial charge in [-0.1, -0.05) is 29.8 Å². The molecule has 1 aromatic carbocycles. The standard InChI is InChI=1S/C13H11Cl2NOS/c1-8(14)9-4-2-3-5-10(9)16-13(17)11-6-7-12(15)18-11/h2-8H,1H3,(H,16,17). The van der Waals surface area contributed by atoms with E-state index in [9.17, 15) is 4.79 Å². The van der Waals surface area contributed by atoms with Crippen LogP contribution < -0.4 is 5.32 Å². The Morgan fingerprint density at radius 3 is 2.61 bits per heavy atom. The van der Waals surface area contributed by atoms with Crippen LogP contribution in [0.25, 0.3) is 0 Å². The summed E-state index contributed by atoms with van der Waals surface area (Å²) in [6.45, 7) is 1.87. The van der Waals surface area contributed by atoms with Gasteiger partial charge in [0, 0.05) is 5.69 Å². The van der Waals surface area contributed by atoms with Crippen molar-refractivity contribution < 1.29 is 4.79 Å². The first-order valence-electron chi connectivity index (χ1n) is 5.37. The number of carbonyl (C=O) groups is 1. The molecule has 94 valence electrons. The van der Waals surface area contributed by atoms with Crippen molar-refractivity contribution in [1.82, 2.24) is 0 Å². The normalized spacial score (nSPS) is 12.2. The van der Waals surface area contributed by atoms with E-state index in [1.54, 1.807) is 12.1 Å². The van der Waals surface area contributed by atoms with Crippen molar-refractivity contribution >= 4 is 46.1 Å². The first kappa shape index (κ1) is 13.4. The van der Waals surface area contributed by atoms with E-state index in [-0.39, 0.29) is 11.3 Å². The maximum atomic E-state index is 12.0. The van der Waals surface area contributed by atoms with Gasteiger partial charge in [0.25, 0.3) is 5.91 Å². The summed E-state index contributed by atoms with van der Waals surface area (Å²) >= 11 is 13.1. The van der Waals surface area contributed by atoms with E-state index in [4.69, 9.17) is 23.2 Å². The van der Waals surface area contributed by atoms with Crippen LogP contribution in [0.3, 0.4) is 0 Å². The highest BCUT2D eigenvalue weighted by atomic mass is 35.5. The number of thiophene rings is 1.